The van der Waals surface area contributed by atoms with E-state index in [1.165, 1.54) is 23.3 Å². The predicted octanol–water partition coefficient (Wildman–Crippen LogP) is 4.27. The molecule has 1 aliphatic rings. The van der Waals surface area contributed by atoms with E-state index in [-0.39, 0.29) is 35.4 Å². The molecule has 1 aliphatic heterocycles. The summed E-state index contributed by atoms with van der Waals surface area (Å²) in [7, 11) is 3.81. The molecule has 0 fully saturated rings. The fourth-order valence-electron chi connectivity index (χ4n) is 4.36. The molecule has 8 heteroatoms. The number of nitrogens with zero attached hydrogens (tertiary/aromatic N) is 2. The molecule has 2 N–H and O–H groups in total. The quantitative estimate of drug-likeness (QED) is 0.445. The summed E-state index contributed by atoms with van der Waals surface area (Å²) in [5.74, 6) is -1.68. The minimum Gasteiger partial charge on any atom is -0.504 e. The van der Waals surface area contributed by atoms with E-state index in [1.54, 1.807) is 25.1 Å². The SMILES string of the molecule is CCOc1cc(C2C(C(=O)c3ccco3)=C(O)C(=O)N2CC(c2ccccc2)N(C)C)ccc1O. The zero-order valence-electron chi connectivity index (χ0n) is 19.8. The lowest BCUT2D eigenvalue weighted by atomic mass is 9.94. The third kappa shape index (κ3) is 4.65. The number of hydrogen-bond donors (Lipinski definition) is 2. The van der Waals surface area contributed by atoms with Crippen LogP contribution in [-0.2, 0) is 4.79 Å². The molecule has 2 heterocycles. The topological polar surface area (TPSA) is 103 Å². The number of aromatic hydroxyl groups is 1. The van der Waals surface area contributed by atoms with Crippen LogP contribution in [-0.4, -0.2) is 59.0 Å². The second kappa shape index (κ2) is 10.1. The molecule has 1 amide bonds. The fourth-order valence-corrected chi connectivity index (χ4v) is 4.36. The standard InChI is InChI=1S/C27H28N2O6/c1-4-34-22-15-18(12-13-20(22)30)24-23(25(31)21-11-8-14-35-21)26(32)27(33)29(24)16-19(28(2)3)17-9-6-5-7-10-17/h5-15,19,24,30,32H,4,16H2,1-3H3. The molecular weight excluding hydrogens is 448 g/mol. The predicted molar refractivity (Wildman–Crippen MR) is 129 cm³/mol. The van der Waals surface area contributed by atoms with Gasteiger partial charge in [-0.25, -0.2) is 0 Å². The van der Waals surface area contributed by atoms with Crippen molar-refractivity contribution in [1.82, 2.24) is 9.80 Å². The van der Waals surface area contributed by atoms with Gasteiger partial charge >= 0.3 is 0 Å². The van der Waals surface area contributed by atoms with Crippen LogP contribution in [0.4, 0.5) is 0 Å². The number of likely N-dealkylation sites (N-methyl/N-ethyl adjacent to an activating group) is 1. The minimum absolute atomic E-state index is 0.0160. The van der Waals surface area contributed by atoms with Gasteiger partial charge in [0.05, 0.1) is 30.5 Å². The van der Waals surface area contributed by atoms with E-state index in [1.807, 2.05) is 49.3 Å². The van der Waals surface area contributed by atoms with E-state index in [4.69, 9.17) is 9.15 Å². The van der Waals surface area contributed by atoms with Crippen molar-refractivity contribution < 1.29 is 29.0 Å². The molecule has 0 saturated carbocycles. The number of ether oxygens (including phenoxy) is 1. The van der Waals surface area contributed by atoms with Gasteiger partial charge in [0.2, 0.25) is 5.78 Å². The van der Waals surface area contributed by atoms with Crippen molar-refractivity contribution >= 4 is 11.7 Å². The molecule has 2 aromatic carbocycles. The molecule has 2 atom stereocenters. The Morgan fingerprint density at radius 2 is 1.86 bits per heavy atom. The van der Waals surface area contributed by atoms with Gasteiger partial charge in [-0.05, 0) is 56.4 Å². The summed E-state index contributed by atoms with van der Waals surface area (Å²) < 4.78 is 10.8. The first-order chi connectivity index (χ1) is 16.8. The lowest BCUT2D eigenvalue weighted by molar-refractivity contribution is -0.130. The maximum absolute atomic E-state index is 13.4. The number of phenolic OH excluding ortho intramolecular Hbond substituents is 1. The molecule has 182 valence electrons. The second-order valence-corrected chi connectivity index (χ2v) is 8.48. The van der Waals surface area contributed by atoms with Gasteiger partial charge in [-0.15, -0.1) is 0 Å². The van der Waals surface area contributed by atoms with Crippen LogP contribution < -0.4 is 4.74 Å². The van der Waals surface area contributed by atoms with Gasteiger partial charge in [0, 0.05) is 6.54 Å². The molecule has 3 aromatic rings. The van der Waals surface area contributed by atoms with Crippen LogP contribution >= 0.6 is 0 Å². The molecule has 0 spiro atoms. The third-order valence-corrected chi connectivity index (χ3v) is 6.07. The van der Waals surface area contributed by atoms with Crippen molar-refractivity contribution in [3.8, 4) is 11.5 Å². The summed E-state index contributed by atoms with van der Waals surface area (Å²) in [5.41, 5.74) is 1.42. The van der Waals surface area contributed by atoms with Gasteiger partial charge in [0.25, 0.3) is 5.91 Å². The first-order valence-corrected chi connectivity index (χ1v) is 11.3. The molecule has 0 bridgehead atoms. The van der Waals surface area contributed by atoms with Crippen LogP contribution in [0.25, 0.3) is 0 Å². The first kappa shape index (κ1) is 24.1. The number of carbonyl (C=O) groups excluding carboxylic acids is 2. The Morgan fingerprint density at radius 1 is 1.11 bits per heavy atom. The summed E-state index contributed by atoms with van der Waals surface area (Å²) in [6.45, 7) is 2.31. The number of rotatable bonds is 9. The fraction of sp³-hybridized carbons (Fsp3) is 0.259. The summed E-state index contributed by atoms with van der Waals surface area (Å²) in [4.78, 5) is 30.2. The second-order valence-electron chi connectivity index (χ2n) is 8.48. The summed E-state index contributed by atoms with van der Waals surface area (Å²) in [6, 6.07) is 16.3. The smallest absolute Gasteiger partial charge is 0.290 e. The Bertz CT molecular complexity index is 1230. The number of phenols is 1. The van der Waals surface area contributed by atoms with Crippen molar-refractivity contribution in [2.24, 2.45) is 0 Å². The zero-order valence-corrected chi connectivity index (χ0v) is 19.8. The van der Waals surface area contributed by atoms with E-state index in [0.717, 1.165) is 5.56 Å². The van der Waals surface area contributed by atoms with Gasteiger partial charge in [-0.2, -0.15) is 0 Å². The Morgan fingerprint density at radius 3 is 2.49 bits per heavy atom. The van der Waals surface area contributed by atoms with Crippen molar-refractivity contribution in [3.05, 3.63) is 95.1 Å². The van der Waals surface area contributed by atoms with Crippen molar-refractivity contribution in [1.29, 1.82) is 0 Å². The molecule has 35 heavy (non-hydrogen) atoms. The average molecular weight is 477 g/mol. The van der Waals surface area contributed by atoms with Gasteiger partial charge in [-0.1, -0.05) is 36.4 Å². The number of ketones is 1. The van der Waals surface area contributed by atoms with Crippen LogP contribution in [0.3, 0.4) is 0 Å². The maximum Gasteiger partial charge on any atom is 0.290 e. The van der Waals surface area contributed by atoms with E-state index >= 15 is 0 Å². The van der Waals surface area contributed by atoms with Crippen LogP contribution in [0.5, 0.6) is 11.5 Å². The number of benzene rings is 2. The van der Waals surface area contributed by atoms with Gasteiger partial charge < -0.3 is 29.2 Å². The third-order valence-electron chi connectivity index (χ3n) is 6.07. The van der Waals surface area contributed by atoms with Gasteiger partial charge in [0.1, 0.15) is 0 Å². The van der Waals surface area contributed by atoms with E-state index in [2.05, 4.69) is 0 Å². The highest BCUT2D eigenvalue weighted by Gasteiger charge is 2.45. The van der Waals surface area contributed by atoms with Crippen LogP contribution in [0.1, 0.15) is 40.7 Å². The van der Waals surface area contributed by atoms with Crippen molar-refractivity contribution in [2.45, 2.75) is 19.0 Å². The molecule has 0 saturated heterocycles. The van der Waals surface area contributed by atoms with E-state index < -0.39 is 23.5 Å². The van der Waals surface area contributed by atoms with Crippen LogP contribution in [0.2, 0.25) is 0 Å². The number of aliphatic hydroxyl groups excluding tert-OH is 1. The molecule has 4 rings (SSSR count). The number of Topliss-reactive ketones (excluding diaryl/α,β-unsaturated/α-hetero) is 1. The number of furan rings is 1. The highest BCUT2D eigenvalue weighted by molar-refractivity contribution is 6.15. The van der Waals surface area contributed by atoms with E-state index in [0.29, 0.717) is 12.2 Å². The number of carbonyl (C=O) groups is 2. The van der Waals surface area contributed by atoms with E-state index in [9.17, 15) is 19.8 Å². The molecule has 0 aliphatic carbocycles. The Kier molecular flexibility index (Phi) is 6.93. The monoisotopic (exact) mass is 476 g/mol. The molecule has 0 radical (unpaired) electrons. The average Bonchev–Trinajstić information content (AvgIpc) is 3.47. The Hall–Kier alpha value is -4.04. The Balaban J connectivity index is 1.82. The summed E-state index contributed by atoms with van der Waals surface area (Å²) in [6.07, 6.45) is 1.36. The Labute approximate surface area is 203 Å². The van der Waals surface area contributed by atoms with Crippen LogP contribution in [0, 0.1) is 0 Å². The molecular formula is C27H28N2O6. The van der Waals surface area contributed by atoms with Gasteiger partial charge in [-0.3, -0.25) is 9.59 Å². The molecule has 1 aromatic heterocycles. The first-order valence-electron chi connectivity index (χ1n) is 11.3. The highest BCUT2D eigenvalue weighted by Crippen LogP contribution is 2.42. The number of aliphatic hydroxyl groups is 1. The lowest BCUT2D eigenvalue weighted by Gasteiger charge is -2.33. The normalized spacial score (nSPS) is 16.7. The summed E-state index contributed by atoms with van der Waals surface area (Å²) in [5, 5.41) is 21.1. The molecule has 8 nitrogen and oxygen atoms in total. The van der Waals surface area contributed by atoms with Gasteiger partial charge in [0.15, 0.2) is 23.0 Å². The highest BCUT2D eigenvalue weighted by atomic mass is 16.5. The van der Waals surface area contributed by atoms with Crippen LogP contribution in [0.15, 0.2) is 82.7 Å². The number of amides is 1. The molecule has 2 unspecified atom stereocenters. The lowest BCUT2D eigenvalue weighted by Crippen LogP contribution is -2.38. The largest absolute Gasteiger partial charge is 0.504 e. The maximum atomic E-state index is 13.4. The van der Waals surface area contributed by atoms with Crippen molar-refractivity contribution in [3.63, 3.8) is 0 Å². The number of hydrogen-bond acceptors (Lipinski definition) is 7. The summed E-state index contributed by atoms with van der Waals surface area (Å²) >= 11 is 0. The zero-order chi connectivity index (χ0) is 25.1. The minimum atomic E-state index is -0.911. The van der Waals surface area contributed by atoms with Crippen molar-refractivity contribution in [2.75, 3.05) is 27.2 Å².